The fourth-order valence-corrected chi connectivity index (χ4v) is 2.59. The van der Waals surface area contributed by atoms with Gasteiger partial charge in [-0.25, -0.2) is 9.37 Å². The van der Waals surface area contributed by atoms with E-state index in [1.54, 1.807) is 0 Å². The van der Waals surface area contributed by atoms with E-state index in [2.05, 4.69) is 20.6 Å². The maximum atomic E-state index is 13.6. The number of anilines is 1. The van der Waals surface area contributed by atoms with E-state index in [0.29, 0.717) is 0 Å². The first-order chi connectivity index (χ1) is 9.47. The first kappa shape index (κ1) is 15.0. The van der Waals surface area contributed by atoms with Gasteiger partial charge in [-0.1, -0.05) is 6.42 Å². The van der Waals surface area contributed by atoms with E-state index in [1.807, 2.05) is 13.8 Å². The van der Waals surface area contributed by atoms with Crippen molar-refractivity contribution in [2.45, 2.75) is 45.2 Å². The number of hydrogen-bond acceptors (Lipinski definition) is 4. The van der Waals surface area contributed by atoms with Crippen LogP contribution >= 0.6 is 11.6 Å². The lowest BCUT2D eigenvalue weighted by atomic mass is 10.0. The third-order valence-corrected chi connectivity index (χ3v) is 3.50. The zero-order chi connectivity index (χ0) is 14.7. The number of hydrogen-bond donors (Lipinski definition) is 2. The summed E-state index contributed by atoms with van der Waals surface area (Å²) in [5.41, 5.74) is 0. The number of nitrogens with zero attached hydrogens (tertiary/aromatic N) is 2. The molecule has 1 aromatic heterocycles. The molecular formula is C13H18ClFN4O. The zero-order valence-electron chi connectivity index (χ0n) is 11.5. The van der Waals surface area contributed by atoms with Crippen molar-refractivity contribution in [3.8, 4) is 0 Å². The molecule has 110 valence electrons. The molecule has 1 amide bonds. The van der Waals surface area contributed by atoms with Crippen molar-refractivity contribution < 1.29 is 9.18 Å². The molecule has 1 heterocycles. The molecule has 1 saturated carbocycles. The normalized spacial score (nSPS) is 22.1. The summed E-state index contributed by atoms with van der Waals surface area (Å²) in [7, 11) is 0. The molecule has 2 N–H and O–H groups in total. The zero-order valence-corrected chi connectivity index (χ0v) is 12.2. The predicted molar refractivity (Wildman–Crippen MR) is 75.0 cm³/mol. The van der Waals surface area contributed by atoms with Crippen LogP contribution in [-0.2, 0) is 4.79 Å². The molecule has 1 fully saturated rings. The Morgan fingerprint density at radius 1 is 1.50 bits per heavy atom. The molecular weight excluding hydrogens is 283 g/mol. The van der Waals surface area contributed by atoms with E-state index >= 15 is 0 Å². The Kier molecular flexibility index (Phi) is 4.75. The van der Waals surface area contributed by atoms with E-state index in [0.717, 1.165) is 25.5 Å². The summed E-state index contributed by atoms with van der Waals surface area (Å²) in [4.78, 5) is 19.5. The van der Waals surface area contributed by atoms with E-state index in [4.69, 9.17) is 11.6 Å². The Labute approximate surface area is 122 Å². The predicted octanol–water partition coefficient (Wildman–Crippen LogP) is 2.37. The molecule has 7 heteroatoms. The smallest absolute Gasteiger partial charge is 0.225 e. The number of aromatic nitrogens is 2. The molecule has 0 aliphatic heterocycles. The van der Waals surface area contributed by atoms with Crippen LogP contribution in [0.1, 0.15) is 33.1 Å². The summed E-state index contributed by atoms with van der Waals surface area (Å²) >= 11 is 5.66. The molecule has 0 saturated heterocycles. The van der Waals surface area contributed by atoms with Gasteiger partial charge in [-0.2, -0.15) is 4.98 Å². The van der Waals surface area contributed by atoms with Gasteiger partial charge in [0.25, 0.3) is 0 Å². The molecule has 0 bridgehead atoms. The van der Waals surface area contributed by atoms with Gasteiger partial charge >= 0.3 is 0 Å². The summed E-state index contributed by atoms with van der Waals surface area (Å²) in [6.45, 7) is 3.83. The van der Waals surface area contributed by atoms with Gasteiger partial charge in [0.1, 0.15) is 0 Å². The highest BCUT2D eigenvalue weighted by atomic mass is 35.5. The van der Waals surface area contributed by atoms with Gasteiger partial charge in [0.2, 0.25) is 11.2 Å². The van der Waals surface area contributed by atoms with E-state index < -0.39 is 5.82 Å². The van der Waals surface area contributed by atoms with Crippen LogP contribution < -0.4 is 10.6 Å². The van der Waals surface area contributed by atoms with Gasteiger partial charge in [0.05, 0.1) is 12.1 Å². The van der Waals surface area contributed by atoms with Crippen LogP contribution in [0.15, 0.2) is 6.20 Å². The average molecular weight is 301 g/mol. The molecule has 0 aromatic carbocycles. The summed E-state index contributed by atoms with van der Waals surface area (Å²) in [6.07, 6.45) is 3.54. The quantitative estimate of drug-likeness (QED) is 0.838. The van der Waals surface area contributed by atoms with Gasteiger partial charge in [-0.15, -0.1) is 0 Å². The first-order valence-electron chi connectivity index (χ1n) is 6.72. The van der Waals surface area contributed by atoms with Gasteiger partial charge in [0.15, 0.2) is 11.6 Å². The van der Waals surface area contributed by atoms with Gasteiger partial charge in [0, 0.05) is 12.1 Å². The number of halogens is 2. The fraction of sp³-hybridized carbons (Fsp3) is 0.615. The Morgan fingerprint density at radius 3 is 2.95 bits per heavy atom. The number of carbonyl (C=O) groups is 1. The molecule has 1 aliphatic carbocycles. The SMILES string of the molecule is CC(C)NC(=O)[C@H]1CCCC1Nc1nc(Cl)ncc1F. The standard InChI is InChI=1S/C13H18ClFN4O/c1-7(2)17-12(20)8-4-3-5-10(8)18-11-9(15)6-16-13(14)19-11/h6-8,10H,3-5H2,1-2H3,(H,17,20)(H,16,18,19)/t8-,10?/m0/s1. The summed E-state index contributed by atoms with van der Waals surface area (Å²) < 4.78 is 13.6. The summed E-state index contributed by atoms with van der Waals surface area (Å²) in [6, 6.07) is -0.0387. The highest BCUT2D eigenvalue weighted by Crippen LogP contribution is 2.29. The second-order valence-corrected chi connectivity index (χ2v) is 5.63. The Hall–Kier alpha value is -1.43. The van der Waals surface area contributed by atoms with Crippen LogP contribution in [0.3, 0.4) is 0 Å². The van der Waals surface area contributed by atoms with Crippen LogP contribution in [-0.4, -0.2) is 28.0 Å². The monoisotopic (exact) mass is 300 g/mol. The van der Waals surface area contributed by atoms with Crippen molar-refractivity contribution >= 4 is 23.3 Å². The Balaban J connectivity index is 2.07. The molecule has 0 spiro atoms. The third-order valence-electron chi connectivity index (χ3n) is 3.32. The maximum Gasteiger partial charge on any atom is 0.225 e. The minimum Gasteiger partial charge on any atom is -0.364 e. The minimum atomic E-state index is -0.565. The maximum absolute atomic E-state index is 13.6. The first-order valence-corrected chi connectivity index (χ1v) is 7.10. The molecule has 2 rings (SSSR count). The molecule has 1 aromatic rings. The van der Waals surface area contributed by atoms with Crippen LogP contribution in [0.5, 0.6) is 0 Å². The minimum absolute atomic E-state index is 0.00411. The second kappa shape index (κ2) is 6.35. The Bertz CT molecular complexity index is 497. The van der Waals surface area contributed by atoms with Gasteiger partial charge in [-0.3, -0.25) is 4.79 Å². The van der Waals surface area contributed by atoms with E-state index in [9.17, 15) is 9.18 Å². The van der Waals surface area contributed by atoms with Crippen molar-refractivity contribution in [3.05, 3.63) is 17.3 Å². The average Bonchev–Trinajstić information content (AvgIpc) is 2.81. The molecule has 20 heavy (non-hydrogen) atoms. The largest absolute Gasteiger partial charge is 0.364 e. The number of carbonyl (C=O) groups excluding carboxylic acids is 1. The van der Waals surface area contributed by atoms with Crippen molar-refractivity contribution in [3.63, 3.8) is 0 Å². The van der Waals surface area contributed by atoms with Crippen LogP contribution in [0.25, 0.3) is 0 Å². The van der Waals surface area contributed by atoms with Crippen LogP contribution in [0.2, 0.25) is 5.28 Å². The van der Waals surface area contributed by atoms with E-state index in [1.165, 1.54) is 0 Å². The lowest BCUT2D eigenvalue weighted by Crippen LogP contribution is -2.41. The molecule has 0 radical (unpaired) electrons. The topological polar surface area (TPSA) is 66.9 Å². The van der Waals surface area contributed by atoms with E-state index in [-0.39, 0.29) is 35.0 Å². The highest BCUT2D eigenvalue weighted by Gasteiger charge is 2.33. The highest BCUT2D eigenvalue weighted by molar-refractivity contribution is 6.28. The number of nitrogens with one attached hydrogen (secondary N) is 2. The summed E-state index contributed by atoms with van der Waals surface area (Å²) in [5.74, 6) is -0.690. The van der Waals surface area contributed by atoms with Gasteiger partial charge < -0.3 is 10.6 Å². The van der Waals surface area contributed by atoms with Crippen LogP contribution in [0.4, 0.5) is 10.2 Å². The molecule has 5 nitrogen and oxygen atoms in total. The van der Waals surface area contributed by atoms with Crippen molar-refractivity contribution in [2.24, 2.45) is 5.92 Å². The van der Waals surface area contributed by atoms with Gasteiger partial charge in [-0.05, 0) is 38.3 Å². The summed E-state index contributed by atoms with van der Waals surface area (Å²) in [5, 5.41) is 5.86. The molecule has 2 atom stereocenters. The molecule has 1 unspecified atom stereocenters. The third kappa shape index (κ3) is 3.56. The van der Waals surface area contributed by atoms with Crippen molar-refractivity contribution in [2.75, 3.05) is 5.32 Å². The number of rotatable bonds is 4. The van der Waals surface area contributed by atoms with Crippen molar-refractivity contribution in [1.82, 2.24) is 15.3 Å². The lowest BCUT2D eigenvalue weighted by Gasteiger charge is -2.22. The molecule has 1 aliphatic rings. The fourth-order valence-electron chi connectivity index (χ4n) is 2.46. The van der Waals surface area contributed by atoms with Crippen LogP contribution in [0, 0.1) is 11.7 Å². The number of amides is 1. The second-order valence-electron chi connectivity index (χ2n) is 5.29. The lowest BCUT2D eigenvalue weighted by molar-refractivity contribution is -0.125. The van der Waals surface area contributed by atoms with Crippen molar-refractivity contribution in [1.29, 1.82) is 0 Å². The Morgan fingerprint density at radius 2 is 2.25 bits per heavy atom.